The van der Waals surface area contributed by atoms with E-state index in [9.17, 15) is 18.3 Å². The molecule has 0 aliphatic rings. The molecule has 4 heteroatoms. The Labute approximate surface area is 134 Å². The molecule has 0 bridgehead atoms. The predicted molar refractivity (Wildman–Crippen MR) is 85.7 cm³/mol. The average molecular weight is 322 g/mol. The lowest BCUT2D eigenvalue weighted by Gasteiger charge is -2.23. The van der Waals surface area contributed by atoms with Crippen LogP contribution in [0.25, 0.3) is 0 Å². The minimum atomic E-state index is -4.55. The third-order valence-corrected chi connectivity index (χ3v) is 4.39. The van der Waals surface area contributed by atoms with Gasteiger partial charge in [-0.2, -0.15) is 13.2 Å². The van der Waals surface area contributed by atoms with Gasteiger partial charge in [0, 0.05) is 0 Å². The van der Waals surface area contributed by atoms with Crippen molar-refractivity contribution in [1.29, 1.82) is 0 Å². The normalized spacial score (nSPS) is 12.4. The summed E-state index contributed by atoms with van der Waals surface area (Å²) in [6, 6.07) is 11.6. The Kier molecular flexibility index (Phi) is 4.73. The van der Waals surface area contributed by atoms with E-state index in [0.717, 1.165) is 24.1 Å². The van der Waals surface area contributed by atoms with E-state index < -0.39 is 17.5 Å². The molecule has 23 heavy (non-hydrogen) atoms. The zero-order chi connectivity index (χ0) is 17.3. The van der Waals surface area contributed by atoms with Gasteiger partial charge in [0.2, 0.25) is 0 Å². The molecule has 1 N–H and O–H groups in total. The molecule has 0 spiro atoms. The molecule has 1 nitrogen and oxygen atoms in total. The first kappa shape index (κ1) is 17.4. The fourth-order valence-corrected chi connectivity index (χ4v) is 2.43. The molecule has 0 fully saturated rings. The maximum absolute atomic E-state index is 12.8. The maximum Gasteiger partial charge on any atom is 0.419 e. The lowest BCUT2D eigenvalue weighted by Crippen LogP contribution is -2.15. The molecular weight excluding hydrogens is 301 g/mol. The van der Waals surface area contributed by atoms with Crippen molar-refractivity contribution < 1.29 is 18.3 Å². The number of hydrogen-bond acceptors (Lipinski definition) is 1. The van der Waals surface area contributed by atoms with Gasteiger partial charge < -0.3 is 5.11 Å². The van der Waals surface area contributed by atoms with E-state index in [1.54, 1.807) is 0 Å². The van der Waals surface area contributed by atoms with Crippen LogP contribution in [0.5, 0.6) is 5.75 Å². The van der Waals surface area contributed by atoms with E-state index in [-0.39, 0.29) is 5.41 Å². The second kappa shape index (κ2) is 6.26. The van der Waals surface area contributed by atoms with Gasteiger partial charge >= 0.3 is 6.18 Å². The molecule has 0 aliphatic heterocycles. The number of aromatic hydroxyl groups is 1. The molecule has 0 aliphatic carbocycles. The molecule has 2 aromatic rings. The summed E-state index contributed by atoms with van der Waals surface area (Å²) in [7, 11) is 0. The van der Waals surface area contributed by atoms with E-state index in [4.69, 9.17) is 0 Å². The van der Waals surface area contributed by atoms with E-state index in [2.05, 4.69) is 20.8 Å². The molecule has 0 amide bonds. The number of alkyl halides is 3. The van der Waals surface area contributed by atoms with E-state index in [1.165, 1.54) is 11.6 Å². The van der Waals surface area contributed by atoms with Crippen LogP contribution in [0.3, 0.4) is 0 Å². The molecule has 124 valence electrons. The summed E-state index contributed by atoms with van der Waals surface area (Å²) in [6.07, 6.45) is -3.13. The first-order valence-electron chi connectivity index (χ1n) is 7.62. The Hall–Kier alpha value is -1.97. The Morgan fingerprint density at radius 3 is 2.00 bits per heavy atom. The smallest absolute Gasteiger partial charge is 0.419 e. The summed E-state index contributed by atoms with van der Waals surface area (Å²) >= 11 is 0. The second-order valence-corrected chi connectivity index (χ2v) is 6.46. The van der Waals surface area contributed by atoms with Crippen molar-refractivity contribution in [2.24, 2.45) is 0 Å². The molecule has 0 saturated carbocycles. The standard InChI is InChI=1S/C19H21F3O/c1-4-18(2,3)15-8-5-13(6-9-15)11-14-7-10-17(23)16(12-14)19(20,21)22/h5-10,12,23H,4,11H2,1-3H3. The Morgan fingerprint density at radius 2 is 1.48 bits per heavy atom. The van der Waals surface area contributed by atoms with Gasteiger partial charge in [-0.25, -0.2) is 0 Å². The van der Waals surface area contributed by atoms with Gasteiger partial charge in [0.1, 0.15) is 5.75 Å². The van der Waals surface area contributed by atoms with Crippen LogP contribution in [0.1, 0.15) is 49.4 Å². The summed E-state index contributed by atoms with van der Waals surface area (Å²) in [5.41, 5.74) is 1.78. The van der Waals surface area contributed by atoms with Crippen LogP contribution in [0.2, 0.25) is 0 Å². The molecule has 0 aromatic heterocycles. The number of hydrogen-bond donors (Lipinski definition) is 1. The van der Waals surface area contributed by atoms with Gasteiger partial charge in [0.15, 0.2) is 0 Å². The van der Waals surface area contributed by atoms with Gasteiger partial charge in [-0.05, 0) is 47.1 Å². The zero-order valence-electron chi connectivity index (χ0n) is 13.5. The van der Waals surface area contributed by atoms with E-state index >= 15 is 0 Å². The molecule has 0 radical (unpaired) electrons. The van der Waals surface area contributed by atoms with Crippen LogP contribution < -0.4 is 0 Å². The molecule has 0 atom stereocenters. The van der Waals surface area contributed by atoms with Gasteiger partial charge in [-0.3, -0.25) is 0 Å². The van der Waals surface area contributed by atoms with Crippen molar-refractivity contribution in [2.75, 3.05) is 0 Å². The third-order valence-electron chi connectivity index (χ3n) is 4.39. The first-order valence-corrected chi connectivity index (χ1v) is 7.62. The van der Waals surface area contributed by atoms with Crippen LogP contribution >= 0.6 is 0 Å². The number of benzene rings is 2. The predicted octanol–water partition coefficient (Wildman–Crippen LogP) is 5.69. The number of phenolic OH excluding ortho intramolecular Hbond substituents is 1. The van der Waals surface area contributed by atoms with Crippen molar-refractivity contribution in [3.05, 3.63) is 64.7 Å². The molecule has 0 saturated heterocycles. The van der Waals surface area contributed by atoms with Gasteiger partial charge in [-0.15, -0.1) is 0 Å². The highest BCUT2D eigenvalue weighted by molar-refractivity contribution is 5.40. The molecular formula is C19H21F3O. The first-order chi connectivity index (χ1) is 10.6. The maximum atomic E-state index is 12.8. The van der Waals surface area contributed by atoms with Gasteiger partial charge in [0.05, 0.1) is 5.56 Å². The molecule has 0 unspecified atom stereocenters. The van der Waals surface area contributed by atoms with Crippen LogP contribution in [-0.2, 0) is 18.0 Å². The molecule has 2 rings (SSSR count). The monoisotopic (exact) mass is 322 g/mol. The summed E-state index contributed by atoms with van der Waals surface area (Å²) in [5.74, 6) is -0.735. The van der Waals surface area contributed by atoms with Crippen LogP contribution in [0.15, 0.2) is 42.5 Å². The minimum Gasteiger partial charge on any atom is -0.507 e. The summed E-state index contributed by atoms with van der Waals surface area (Å²) in [6.45, 7) is 6.46. The highest BCUT2D eigenvalue weighted by Gasteiger charge is 2.33. The fraction of sp³-hybridized carbons (Fsp3) is 0.368. The lowest BCUT2D eigenvalue weighted by molar-refractivity contribution is -0.138. The molecule has 2 aromatic carbocycles. The van der Waals surface area contributed by atoms with Crippen molar-refractivity contribution in [1.82, 2.24) is 0 Å². The SMILES string of the molecule is CCC(C)(C)c1ccc(Cc2ccc(O)c(C(F)(F)F)c2)cc1. The van der Waals surface area contributed by atoms with Crippen molar-refractivity contribution >= 4 is 0 Å². The average Bonchev–Trinajstić information content (AvgIpc) is 2.48. The van der Waals surface area contributed by atoms with E-state index in [1.807, 2.05) is 24.3 Å². The molecule has 0 heterocycles. The third kappa shape index (κ3) is 4.06. The summed E-state index contributed by atoms with van der Waals surface area (Å²) in [5, 5.41) is 9.37. The van der Waals surface area contributed by atoms with Crippen molar-refractivity contribution in [3.8, 4) is 5.75 Å². The van der Waals surface area contributed by atoms with Crippen molar-refractivity contribution in [3.63, 3.8) is 0 Å². The fourth-order valence-electron chi connectivity index (χ4n) is 2.43. The summed E-state index contributed by atoms with van der Waals surface area (Å²) in [4.78, 5) is 0. The topological polar surface area (TPSA) is 20.2 Å². The van der Waals surface area contributed by atoms with E-state index in [0.29, 0.717) is 12.0 Å². The van der Waals surface area contributed by atoms with Crippen LogP contribution in [0.4, 0.5) is 13.2 Å². The van der Waals surface area contributed by atoms with Gasteiger partial charge in [-0.1, -0.05) is 51.1 Å². The minimum absolute atomic E-state index is 0.0838. The lowest BCUT2D eigenvalue weighted by atomic mass is 9.82. The Morgan fingerprint density at radius 1 is 0.913 bits per heavy atom. The Balaban J connectivity index is 2.23. The number of phenols is 1. The number of rotatable bonds is 4. The zero-order valence-corrected chi connectivity index (χ0v) is 13.5. The number of halogens is 3. The largest absolute Gasteiger partial charge is 0.507 e. The Bertz CT molecular complexity index is 670. The summed E-state index contributed by atoms with van der Waals surface area (Å²) < 4.78 is 38.5. The second-order valence-electron chi connectivity index (χ2n) is 6.46. The quantitative estimate of drug-likeness (QED) is 0.766. The van der Waals surface area contributed by atoms with Gasteiger partial charge in [0.25, 0.3) is 0 Å². The highest BCUT2D eigenvalue weighted by Crippen LogP contribution is 2.36. The van der Waals surface area contributed by atoms with Crippen molar-refractivity contribution in [2.45, 2.75) is 45.2 Å². The van der Waals surface area contributed by atoms with Crippen LogP contribution in [-0.4, -0.2) is 5.11 Å². The van der Waals surface area contributed by atoms with Crippen LogP contribution in [0, 0.1) is 0 Å². The highest BCUT2D eigenvalue weighted by atomic mass is 19.4.